The van der Waals surface area contributed by atoms with Crippen LogP contribution in [0, 0.1) is 20.7 Å². The van der Waals surface area contributed by atoms with Crippen LogP contribution >= 0.6 is 0 Å². The zero-order chi connectivity index (χ0) is 22.7. The van der Waals surface area contributed by atoms with Gasteiger partial charge < -0.3 is 4.74 Å². The van der Waals surface area contributed by atoms with Gasteiger partial charge in [-0.1, -0.05) is 31.4 Å². The van der Waals surface area contributed by atoms with E-state index in [0.29, 0.717) is 5.56 Å². The van der Waals surface area contributed by atoms with Crippen molar-refractivity contribution in [2.45, 2.75) is 95.9 Å². The Bertz CT molecular complexity index is 1040. The van der Waals surface area contributed by atoms with Crippen LogP contribution < -0.4 is 9.30 Å². The van der Waals surface area contributed by atoms with Crippen LogP contribution in [0.3, 0.4) is 0 Å². The highest BCUT2D eigenvalue weighted by atomic mass is 16.5. The summed E-state index contributed by atoms with van der Waals surface area (Å²) in [4.78, 5) is 0. The highest BCUT2D eigenvalue weighted by molar-refractivity contribution is 5.73. The first-order chi connectivity index (χ1) is 15.1. The summed E-state index contributed by atoms with van der Waals surface area (Å²) >= 11 is 0. The Morgan fingerprint density at radius 3 is 2.38 bits per heavy atom. The Kier molecular flexibility index (Phi) is 3.77. The predicted octanol–water partition coefficient (Wildman–Crippen LogP) is 6.40. The van der Waals surface area contributed by atoms with Gasteiger partial charge in [0.1, 0.15) is 18.4 Å². The van der Waals surface area contributed by atoms with E-state index in [1.54, 1.807) is 6.20 Å². The number of hydrogen-bond acceptors (Lipinski definition) is 1. The molecule has 0 unspecified atom stereocenters. The number of nitrogens with zero attached hydrogens (tertiary/aromatic N) is 1. The SMILES string of the molecule is [2H]C([2H])([2H])c1c[n+](C)c(-c2c(C)ccc3c2OC2(CCCCC2)CC32CCCC2)cc1C. The first-order valence-corrected chi connectivity index (χ1v) is 11.5. The topological polar surface area (TPSA) is 13.1 Å². The summed E-state index contributed by atoms with van der Waals surface area (Å²) in [5.74, 6) is 1.08. The summed E-state index contributed by atoms with van der Waals surface area (Å²) in [6.45, 7) is 1.97. The van der Waals surface area contributed by atoms with E-state index in [4.69, 9.17) is 8.85 Å². The molecule has 2 saturated carbocycles. The van der Waals surface area contributed by atoms with Crippen LogP contribution in [0.25, 0.3) is 11.3 Å². The van der Waals surface area contributed by atoms with Gasteiger partial charge in [-0.3, -0.25) is 0 Å². The molecular formula is C27H36NO+. The van der Waals surface area contributed by atoms with Crippen molar-refractivity contribution >= 4 is 0 Å². The first-order valence-electron chi connectivity index (χ1n) is 13.0. The summed E-state index contributed by atoms with van der Waals surface area (Å²) in [5.41, 5.74) is 6.22. The van der Waals surface area contributed by atoms with Crippen molar-refractivity contribution in [1.82, 2.24) is 0 Å². The molecule has 3 aliphatic rings. The maximum atomic E-state index is 7.91. The van der Waals surface area contributed by atoms with Crippen LogP contribution in [-0.4, -0.2) is 5.60 Å². The van der Waals surface area contributed by atoms with E-state index in [-0.39, 0.29) is 11.0 Å². The predicted molar refractivity (Wildman–Crippen MR) is 118 cm³/mol. The number of pyridine rings is 1. The normalized spacial score (nSPS) is 23.9. The molecule has 0 radical (unpaired) electrons. The minimum Gasteiger partial charge on any atom is -0.486 e. The van der Waals surface area contributed by atoms with Gasteiger partial charge in [-0.15, -0.1) is 0 Å². The Hall–Kier alpha value is -1.83. The largest absolute Gasteiger partial charge is 0.486 e. The molecular weight excluding hydrogens is 354 g/mol. The lowest BCUT2D eigenvalue weighted by molar-refractivity contribution is -0.660. The lowest BCUT2D eigenvalue weighted by atomic mass is 9.64. The molecule has 2 aromatic rings. The van der Waals surface area contributed by atoms with E-state index in [1.165, 1.54) is 62.5 Å². The third kappa shape index (κ3) is 3.02. The van der Waals surface area contributed by atoms with Crippen molar-refractivity contribution in [1.29, 1.82) is 0 Å². The minimum atomic E-state index is -2.11. The summed E-state index contributed by atoms with van der Waals surface area (Å²) in [7, 11) is 1.97. The Morgan fingerprint density at radius 2 is 1.66 bits per heavy atom. The molecule has 0 bridgehead atoms. The molecule has 2 fully saturated rings. The molecule has 5 rings (SSSR count). The van der Waals surface area contributed by atoms with Crippen molar-refractivity contribution in [3.63, 3.8) is 0 Å². The number of aryl methyl sites for hydroxylation is 4. The van der Waals surface area contributed by atoms with E-state index >= 15 is 0 Å². The van der Waals surface area contributed by atoms with Crippen molar-refractivity contribution in [3.05, 3.63) is 46.6 Å². The van der Waals surface area contributed by atoms with Gasteiger partial charge in [0.05, 0.1) is 5.56 Å². The third-order valence-electron chi connectivity index (χ3n) is 7.98. The highest BCUT2D eigenvalue weighted by Crippen LogP contribution is 2.58. The summed E-state index contributed by atoms with van der Waals surface area (Å²) in [6, 6.07) is 6.64. The van der Waals surface area contributed by atoms with E-state index in [9.17, 15) is 0 Å². The number of benzene rings is 1. The second-order valence-electron chi connectivity index (χ2n) is 10.0. The van der Waals surface area contributed by atoms with E-state index < -0.39 is 6.85 Å². The average Bonchev–Trinajstić information content (AvgIpc) is 3.18. The minimum absolute atomic E-state index is 0.0373. The van der Waals surface area contributed by atoms with Gasteiger partial charge in [-0.25, -0.2) is 4.57 Å². The Labute approximate surface area is 180 Å². The third-order valence-corrected chi connectivity index (χ3v) is 7.98. The van der Waals surface area contributed by atoms with Gasteiger partial charge in [-0.05, 0) is 76.8 Å². The Morgan fingerprint density at radius 1 is 0.931 bits per heavy atom. The van der Waals surface area contributed by atoms with Gasteiger partial charge in [0.15, 0.2) is 6.20 Å². The molecule has 1 aromatic heterocycles. The molecule has 1 aromatic carbocycles. The van der Waals surface area contributed by atoms with Crippen molar-refractivity contribution in [2.24, 2.45) is 7.05 Å². The van der Waals surface area contributed by atoms with Gasteiger partial charge >= 0.3 is 0 Å². The molecule has 0 saturated heterocycles. The zero-order valence-electron chi connectivity index (χ0n) is 21.2. The van der Waals surface area contributed by atoms with Gasteiger partial charge in [0.25, 0.3) is 0 Å². The van der Waals surface area contributed by atoms with Crippen LogP contribution in [0.5, 0.6) is 5.75 Å². The molecule has 2 nitrogen and oxygen atoms in total. The molecule has 0 N–H and O–H groups in total. The fraction of sp³-hybridized carbons (Fsp3) is 0.593. The molecule has 154 valence electrons. The number of rotatable bonds is 1. The second-order valence-corrected chi connectivity index (χ2v) is 10.0. The summed E-state index contributed by atoms with van der Waals surface area (Å²) in [6.07, 6.45) is 14.2. The van der Waals surface area contributed by atoms with Crippen LogP contribution in [0.2, 0.25) is 0 Å². The van der Waals surface area contributed by atoms with Gasteiger partial charge in [-0.2, -0.15) is 0 Å². The fourth-order valence-corrected chi connectivity index (χ4v) is 6.46. The van der Waals surface area contributed by atoms with E-state index in [0.717, 1.165) is 35.4 Å². The van der Waals surface area contributed by atoms with E-state index in [1.807, 2.05) is 18.5 Å². The Balaban J connectivity index is 1.72. The summed E-state index contributed by atoms with van der Waals surface area (Å²) in [5, 5.41) is 0. The number of hydrogen-bond donors (Lipinski definition) is 0. The molecule has 0 amide bonds. The summed E-state index contributed by atoms with van der Waals surface area (Å²) < 4.78 is 32.8. The molecule has 29 heavy (non-hydrogen) atoms. The van der Waals surface area contributed by atoms with Crippen LogP contribution in [0.4, 0.5) is 0 Å². The monoisotopic (exact) mass is 393 g/mol. The zero-order valence-corrected chi connectivity index (χ0v) is 18.2. The van der Waals surface area contributed by atoms with Crippen LogP contribution in [0.1, 0.15) is 90.6 Å². The lowest BCUT2D eigenvalue weighted by Crippen LogP contribution is -2.48. The first kappa shape index (κ1) is 15.9. The van der Waals surface area contributed by atoms with Crippen molar-refractivity contribution < 1.29 is 13.4 Å². The number of aromatic nitrogens is 1. The maximum absolute atomic E-state index is 7.91. The maximum Gasteiger partial charge on any atom is 0.216 e. The highest BCUT2D eigenvalue weighted by Gasteiger charge is 2.51. The average molecular weight is 394 g/mol. The van der Waals surface area contributed by atoms with Gasteiger partial charge in [0, 0.05) is 26.7 Å². The molecule has 2 aliphatic carbocycles. The quantitative estimate of drug-likeness (QED) is 0.511. The van der Waals surface area contributed by atoms with Crippen LogP contribution in [0.15, 0.2) is 24.4 Å². The van der Waals surface area contributed by atoms with Gasteiger partial charge in [0.2, 0.25) is 5.69 Å². The molecule has 0 atom stereocenters. The lowest BCUT2D eigenvalue weighted by Gasteiger charge is -2.50. The molecule has 2 heteroatoms. The van der Waals surface area contributed by atoms with Crippen molar-refractivity contribution in [3.8, 4) is 17.0 Å². The fourth-order valence-electron chi connectivity index (χ4n) is 6.46. The second kappa shape index (κ2) is 6.86. The van der Waals surface area contributed by atoms with Crippen molar-refractivity contribution in [2.75, 3.05) is 0 Å². The molecule has 2 spiro atoms. The van der Waals surface area contributed by atoms with E-state index in [2.05, 4.69) is 25.1 Å². The molecule has 1 aliphatic heterocycles. The smallest absolute Gasteiger partial charge is 0.216 e. The molecule has 2 heterocycles. The number of fused-ring (bicyclic) bond motifs is 2. The number of ether oxygens (including phenoxy) is 1. The standard InChI is InChI=1S/C27H36NO/c1-19-10-11-22-25(24(19)23-16-20(2)21(3)17-28(23)4)29-27(14-6-5-7-15-27)18-26(22)12-8-9-13-26/h10-11,16-17H,5-9,12-15,18H2,1-4H3/q+1/i3D3. The van der Waals surface area contributed by atoms with Crippen LogP contribution in [-0.2, 0) is 12.5 Å².